The highest BCUT2D eigenvalue weighted by molar-refractivity contribution is 6.02. The standard InChI is InChI=1S/C31H38N6O6/c1-4-18(3)23(16-38)37-27(29(40)32-17-36-22-9-7-6-8-21(22)34-35-36)31-15-14-24(43-31)25(26(31)30(37)41)28(39)33-19-10-12-20(13-11-19)42-5-2/h6-13,18,23-27,38H,4-5,14-17H2,1-3H3,(H,32,40)(H,33,39)/t18-,23-,24-,25+,26-,27?,31?/m0/s1. The van der Waals surface area contributed by atoms with Gasteiger partial charge in [0, 0.05) is 5.69 Å². The van der Waals surface area contributed by atoms with Crippen LogP contribution >= 0.6 is 0 Å². The number of hydrogen-bond acceptors (Lipinski definition) is 8. The highest BCUT2D eigenvalue weighted by Gasteiger charge is 2.75. The van der Waals surface area contributed by atoms with E-state index in [1.807, 2.05) is 45.0 Å². The molecule has 2 unspecified atom stereocenters. The number of anilines is 1. The van der Waals surface area contributed by atoms with E-state index in [2.05, 4.69) is 20.9 Å². The first-order valence-electron chi connectivity index (χ1n) is 15.0. The summed E-state index contributed by atoms with van der Waals surface area (Å²) in [5.74, 6) is -2.10. The number of nitrogens with one attached hydrogen (secondary N) is 2. The number of aliphatic hydroxyl groups is 1. The first-order valence-corrected chi connectivity index (χ1v) is 15.0. The van der Waals surface area contributed by atoms with E-state index in [-0.39, 0.29) is 31.0 Å². The molecule has 2 aromatic carbocycles. The SMILES string of the molecule is CCOc1ccc(NC(=O)[C@@H]2[C@@H]3CCC4(O3)C(C(=O)NCn3nnc5ccccc53)N([C@@H](CO)[C@@H](C)CC)C(=O)[C@H]24)cc1. The van der Waals surface area contributed by atoms with Gasteiger partial charge in [-0.25, -0.2) is 4.68 Å². The fourth-order valence-electron chi connectivity index (χ4n) is 7.17. The molecular weight excluding hydrogens is 552 g/mol. The second kappa shape index (κ2) is 11.6. The van der Waals surface area contributed by atoms with Crippen molar-refractivity contribution in [2.45, 2.75) is 70.5 Å². The third kappa shape index (κ3) is 4.82. The van der Waals surface area contributed by atoms with Crippen molar-refractivity contribution in [2.24, 2.45) is 17.8 Å². The van der Waals surface area contributed by atoms with Gasteiger partial charge in [-0.15, -0.1) is 5.10 Å². The van der Waals surface area contributed by atoms with Gasteiger partial charge in [-0.1, -0.05) is 37.6 Å². The Morgan fingerprint density at radius 1 is 1.16 bits per heavy atom. The number of ether oxygens (including phenoxy) is 2. The molecule has 1 aromatic heterocycles. The van der Waals surface area contributed by atoms with Crippen molar-refractivity contribution >= 4 is 34.4 Å². The van der Waals surface area contributed by atoms with Crippen molar-refractivity contribution in [3.05, 3.63) is 48.5 Å². The number of rotatable bonds is 11. The summed E-state index contributed by atoms with van der Waals surface area (Å²) in [5.41, 5.74) is 0.854. The predicted molar refractivity (Wildman–Crippen MR) is 157 cm³/mol. The van der Waals surface area contributed by atoms with Gasteiger partial charge in [-0.2, -0.15) is 0 Å². The van der Waals surface area contributed by atoms with Crippen molar-refractivity contribution in [3.8, 4) is 5.75 Å². The first-order chi connectivity index (χ1) is 20.8. The number of fused-ring (bicyclic) bond motifs is 2. The number of carbonyl (C=O) groups excluding carboxylic acids is 3. The highest BCUT2D eigenvalue weighted by Crippen LogP contribution is 2.59. The van der Waals surface area contributed by atoms with E-state index in [1.54, 1.807) is 28.9 Å². The molecule has 12 nitrogen and oxygen atoms in total. The predicted octanol–water partition coefficient (Wildman–Crippen LogP) is 2.32. The number of aliphatic hydroxyl groups excluding tert-OH is 1. The monoisotopic (exact) mass is 590 g/mol. The zero-order valence-corrected chi connectivity index (χ0v) is 24.6. The lowest BCUT2D eigenvalue weighted by atomic mass is 9.70. The smallest absolute Gasteiger partial charge is 0.247 e. The molecule has 3 aromatic rings. The van der Waals surface area contributed by atoms with Crippen LogP contribution in [0.3, 0.4) is 0 Å². The van der Waals surface area contributed by atoms with Crippen LogP contribution in [0.1, 0.15) is 40.0 Å². The van der Waals surface area contributed by atoms with Gasteiger partial charge in [0.05, 0.1) is 42.7 Å². The van der Waals surface area contributed by atoms with Crippen molar-refractivity contribution in [1.82, 2.24) is 25.2 Å². The van der Waals surface area contributed by atoms with Crippen LogP contribution in [0.5, 0.6) is 5.75 Å². The van der Waals surface area contributed by atoms with Gasteiger partial charge in [0.2, 0.25) is 17.7 Å². The number of carbonyl (C=O) groups is 3. The number of para-hydroxylation sites is 1. The van der Waals surface area contributed by atoms with Crippen LogP contribution in [-0.4, -0.2) is 79.7 Å². The van der Waals surface area contributed by atoms with E-state index in [9.17, 15) is 19.5 Å². The molecule has 6 rings (SSSR count). The van der Waals surface area contributed by atoms with Gasteiger partial charge in [0.25, 0.3) is 0 Å². The molecule has 3 fully saturated rings. The summed E-state index contributed by atoms with van der Waals surface area (Å²) >= 11 is 0. The maximum absolute atomic E-state index is 14.3. The topological polar surface area (TPSA) is 148 Å². The normalized spacial score (nSPS) is 27.3. The summed E-state index contributed by atoms with van der Waals surface area (Å²) in [6.07, 6.45) is 1.20. The number of aromatic nitrogens is 3. The maximum atomic E-state index is 14.3. The number of amides is 3. The molecule has 43 heavy (non-hydrogen) atoms. The molecule has 1 spiro atoms. The summed E-state index contributed by atoms with van der Waals surface area (Å²) in [6.45, 7) is 6.09. The van der Waals surface area contributed by atoms with Crippen LogP contribution in [0, 0.1) is 17.8 Å². The van der Waals surface area contributed by atoms with E-state index in [1.165, 1.54) is 4.90 Å². The molecule has 4 heterocycles. The van der Waals surface area contributed by atoms with E-state index in [4.69, 9.17) is 9.47 Å². The molecule has 0 radical (unpaired) electrons. The molecule has 3 saturated heterocycles. The van der Waals surface area contributed by atoms with Crippen molar-refractivity contribution < 1.29 is 29.0 Å². The summed E-state index contributed by atoms with van der Waals surface area (Å²) in [4.78, 5) is 43.7. The minimum absolute atomic E-state index is 0.0385. The number of benzene rings is 2. The van der Waals surface area contributed by atoms with E-state index in [0.29, 0.717) is 42.8 Å². The maximum Gasteiger partial charge on any atom is 0.247 e. The average Bonchev–Trinajstić information content (AvgIpc) is 3.77. The fourth-order valence-corrected chi connectivity index (χ4v) is 7.17. The minimum atomic E-state index is -1.18. The molecular formula is C31H38N6O6. The van der Waals surface area contributed by atoms with Gasteiger partial charge in [-0.3, -0.25) is 14.4 Å². The van der Waals surface area contributed by atoms with Crippen LogP contribution in [0.4, 0.5) is 5.69 Å². The molecule has 3 N–H and O–H groups in total. The lowest BCUT2D eigenvalue weighted by molar-refractivity contribution is -0.146. The molecule has 2 bridgehead atoms. The molecule has 3 amide bonds. The Hall–Kier alpha value is -4.03. The van der Waals surface area contributed by atoms with Gasteiger partial charge in [0.15, 0.2) is 0 Å². The Morgan fingerprint density at radius 3 is 2.65 bits per heavy atom. The van der Waals surface area contributed by atoms with Crippen LogP contribution in [0.15, 0.2) is 48.5 Å². The second-order valence-electron chi connectivity index (χ2n) is 11.7. The second-order valence-corrected chi connectivity index (χ2v) is 11.7. The number of likely N-dealkylation sites (tertiary alicyclic amines) is 1. The van der Waals surface area contributed by atoms with Gasteiger partial charge < -0.3 is 30.1 Å². The quantitative estimate of drug-likeness (QED) is 0.308. The van der Waals surface area contributed by atoms with Crippen molar-refractivity contribution in [2.75, 3.05) is 18.5 Å². The Balaban J connectivity index is 1.29. The molecule has 3 aliphatic rings. The molecule has 12 heteroatoms. The zero-order chi connectivity index (χ0) is 30.3. The molecule has 7 atom stereocenters. The lowest BCUT2D eigenvalue weighted by Gasteiger charge is -2.38. The van der Waals surface area contributed by atoms with Crippen molar-refractivity contribution in [3.63, 3.8) is 0 Å². The van der Waals surface area contributed by atoms with Crippen LogP contribution in [-0.2, 0) is 25.8 Å². The summed E-state index contributed by atoms with van der Waals surface area (Å²) in [5, 5.41) is 24.7. The number of nitrogens with zero attached hydrogens (tertiary/aromatic N) is 4. The Bertz CT molecular complexity index is 1510. The Kier molecular flexibility index (Phi) is 7.82. The summed E-state index contributed by atoms with van der Waals surface area (Å²) in [6, 6.07) is 12.9. The van der Waals surface area contributed by atoms with E-state index >= 15 is 0 Å². The fraction of sp³-hybridized carbons (Fsp3) is 0.516. The third-order valence-corrected chi connectivity index (χ3v) is 9.39. The summed E-state index contributed by atoms with van der Waals surface area (Å²) in [7, 11) is 0. The van der Waals surface area contributed by atoms with Crippen molar-refractivity contribution in [1.29, 1.82) is 0 Å². The summed E-state index contributed by atoms with van der Waals surface area (Å²) < 4.78 is 13.6. The van der Waals surface area contributed by atoms with Crippen LogP contribution in [0.25, 0.3) is 11.0 Å². The molecule has 228 valence electrons. The van der Waals surface area contributed by atoms with E-state index in [0.717, 1.165) is 5.52 Å². The van der Waals surface area contributed by atoms with Crippen LogP contribution in [0.2, 0.25) is 0 Å². The first kappa shape index (κ1) is 29.1. The average molecular weight is 591 g/mol. The van der Waals surface area contributed by atoms with Gasteiger partial charge in [-0.05, 0) is 62.1 Å². The van der Waals surface area contributed by atoms with Crippen LogP contribution < -0.4 is 15.4 Å². The Morgan fingerprint density at radius 2 is 1.93 bits per heavy atom. The van der Waals surface area contributed by atoms with Gasteiger partial charge >= 0.3 is 0 Å². The minimum Gasteiger partial charge on any atom is -0.494 e. The largest absolute Gasteiger partial charge is 0.494 e. The third-order valence-electron chi connectivity index (χ3n) is 9.39. The highest BCUT2D eigenvalue weighted by atomic mass is 16.5. The molecule has 0 saturated carbocycles. The van der Waals surface area contributed by atoms with Gasteiger partial charge in [0.1, 0.15) is 29.6 Å². The van der Waals surface area contributed by atoms with E-state index < -0.39 is 41.5 Å². The Labute approximate surface area is 249 Å². The lowest BCUT2D eigenvalue weighted by Crippen LogP contribution is -2.59. The number of hydrogen-bond donors (Lipinski definition) is 3. The zero-order valence-electron chi connectivity index (χ0n) is 24.6. The molecule has 3 aliphatic heterocycles. The molecule has 0 aliphatic carbocycles.